The predicted molar refractivity (Wildman–Crippen MR) is 55.6 cm³/mol. The molecule has 0 spiro atoms. The van der Waals surface area contributed by atoms with E-state index in [1.54, 1.807) is 32.6 Å². The highest BCUT2D eigenvalue weighted by Gasteiger charge is 2.49. The van der Waals surface area contributed by atoms with Crippen molar-refractivity contribution in [1.29, 1.82) is 0 Å². The minimum atomic E-state index is -0.978. The molecule has 1 saturated heterocycles. The Kier molecular flexibility index (Phi) is 2.67. The van der Waals surface area contributed by atoms with E-state index in [9.17, 15) is 9.59 Å². The summed E-state index contributed by atoms with van der Waals surface area (Å²) in [6.07, 6.45) is 0. The Morgan fingerprint density at radius 3 is 2.27 bits per heavy atom. The fourth-order valence-electron chi connectivity index (χ4n) is 1.60. The molecule has 1 heterocycles. The van der Waals surface area contributed by atoms with Crippen LogP contribution in [-0.2, 0) is 4.79 Å². The number of aliphatic carboxylic acids is 1. The average Bonchev–Trinajstić information content (AvgIpc) is 2.51. The van der Waals surface area contributed by atoms with Crippen molar-refractivity contribution in [3.05, 3.63) is 0 Å². The quantitative estimate of drug-likeness (QED) is 0.733. The summed E-state index contributed by atoms with van der Waals surface area (Å²) in [4.78, 5) is 24.3. The molecule has 86 valence electrons. The number of urea groups is 1. The van der Waals surface area contributed by atoms with Gasteiger partial charge in [-0.25, -0.2) is 4.79 Å². The molecule has 5 heteroatoms. The van der Waals surface area contributed by atoms with Gasteiger partial charge in [-0.3, -0.25) is 4.79 Å². The summed E-state index contributed by atoms with van der Waals surface area (Å²) in [7, 11) is 0. The maximum atomic E-state index is 11.5. The van der Waals surface area contributed by atoms with Crippen LogP contribution >= 0.6 is 0 Å². The van der Waals surface area contributed by atoms with Crippen LogP contribution in [0.5, 0.6) is 0 Å². The lowest BCUT2D eigenvalue weighted by molar-refractivity contribution is -0.153. The molecule has 1 rings (SSSR count). The van der Waals surface area contributed by atoms with Crippen molar-refractivity contribution in [2.24, 2.45) is 5.41 Å². The lowest BCUT2D eigenvalue weighted by atomic mass is 9.73. The van der Waals surface area contributed by atoms with Crippen LogP contribution in [0.25, 0.3) is 0 Å². The standard InChI is InChI=1S/C10H18N2O3/c1-9(2,7(13)14)10(3,4)12-6-5-11-8(12)15/h5-6H2,1-4H3,(H,11,15)(H,13,14). The molecular weight excluding hydrogens is 196 g/mol. The number of rotatable bonds is 3. The Balaban J connectivity index is 3.00. The van der Waals surface area contributed by atoms with Crippen molar-refractivity contribution in [2.45, 2.75) is 33.2 Å². The van der Waals surface area contributed by atoms with E-state index in [0.717, 1.165) is 0 Å². The van der Waals surface area contributed by atoms with Crippen LogP contribution in [0.1, 0.15) is 27.7 Å². The van der Waals surface area contributed by atoms with Gasteiger partial charge >= 0.3 is 12.0 Å². The zero-order valence-electron chi connectivity index (χ0n) is 9.63. The molecule has 2 N–H and O–H groups in total. The SMILES string of the molecule is CC(C)(C(=O)O)C(C)(C)N1CCNC1=O. The minimum absolute atomic E-state index is 0.186. The third-order valence-corrected chi connectivity index (χ3v) is 3.60. The van der Waals surface area contributed by atoms with Crippen LogP contribution in [0.3, 0.4) is 0 Å². The molecule has 1 aliphatic heterocycles. The molecule has 0 aromatic carbocycles. The molecule has 0 bridgehead atoms. The van der Waals surface area contributed by atoms with Crippen molar-refractivity contribution < 1.29 is 14.7 Å². The second-order valence-electron chi connectivity index (χ2n) is 4.87. The van der Waals surface area contributed by atoms with E-state index in [-0.39, 0.29) is 6.03 Å². The second kappa shape index (κ2) is 3.40. The Hall–Kier alpha value is -1.26. The lowest BCUT2D eigenvalue weighted by Crippen LogP contribution is -2.58. The molecular formula is C10H18N2O3. The third-order valence-electron chi connectivity index (χ3n) is 3.60. The van der Waals surface area contributed by atoms with Crippen LogP contribution in [0.2, 0.25) is 0 Å². The Labute approximate surface area is 89.4 Å². The van der Waals surface area contributed by atoms with Crippen LogP contribution in [0, 0.1) is 5.41 Å². The third kappa shape index (κ3) is 1.66. The zero-order chi connectivity index (χ0) is 11.9. The van der Waals surface area contributed by atoms with Gasteiger partial charge in [0.2, 0.25) is 0 Å². The van der Waals surface area contributed by atoms with Gasteiger partial charge in [-0.15, -0.1) is 0 Å². The number of hydrogen-bond donors (Lipinski definition) is 2. The Morgan fingerprint density at radius 2 is 1.93 bits per heavy atom. The van der Waals surface area contributed by atoms with Gasteiger partial charge in [0.25, 0.3) is 0 Å². The largest absolute Gasteiger partial charge is 0.481 e. The molecule has 1 aliphatic rings. The van der Waals surface area contributed by atoms with E-state index < -0.39 is 16.9 Å². The van der Waals surface area contributed by atoms with E-state index in [0.29, 0.717) is 13.1 Å². The van der Waals surface area contributed by atoms with Crippen LogP contribution in [-0.4, -0.2) is 40.6 Å². The van der Waals surface area contributed by atoms with Gasteiger partial charge in [0.05, 0.1) is 11.0 Å². The molecule has 1 fully saturated rings. The highest BCUT2D eigenvalue weighted by Crippen LogP contribution is 2.36. The van der Waals surface area contributed by atoms with Crippen molar-refractivity contribution >= 4 is 12.0 Å². The number of nitrogens with one attached hydrogen (secondary N) is 1. The van der Waals surface area contributed by atoms with Crippen molar-refractivity contribution in [2.75, 3.05) is 13.1 Å². The lowest BCUT2D eigenvalue weighted by Gasteiger charge is -2.44. The number of carboxylic acid groups (broad SMARTS) is 1. The van der Waals surface area contributed by atoms with Crippen molar-refractivity contribution in [3.8, 4) is 0 Å². The number of carbonyl (C=O) groups excluding carboxylic acids is 1. The molecule has 5 nitrogen and oxygen atoms in total. The van der Waals surface area contributed by atoms with E-state index in [2.05, 4.69) is 5.32 Å². The van der Waals surface area contributed by atoms with Crippen LogP contribution in [0.15, 0.2) is 0 Å². The van der Waals surface area contributed by atoms with Gasteiger partial charge in [-0.05, 0) is 27.7 Å². The maximum absolute atomic E-state index is 11.5. The fourth-order valence-corrected chi connectivity index (χ4v) is 1.60. The summed E-state index contributed by atoms with van der Waals surface area (Å²) in [6.45, 7) is 7.99. The van der Waals surface area contributed by atoms with Crippen LogP contribution < -0.4 is 5.32 Å². The highest BCUT2D eigenvalue weighted by atomic mass is 16.4. The first kappa shape index (κ1) is 11.8. The van der Waals surface area contributed by atoms with Gasteiger partial charge in [-0.1, -0.05) is 0 Å². The van der Waals surface area contributed by atoms with E-state index in [4.69, 9.17) is 5.11 Å². The molecule has 15 heavy (non-hydrogen) atoms. The number of hydrogen-bond acceptors (Lipinski definition) is 2. The van der Waals surface area contributed by atoms with Gasteiger partial charge < -0.3 is 15.3 Å². The fraction of sp³-hybridized carbons (Fsp3) is 0.800. The number of amides is 2. The first-order valence-electron chi connectivity index (χ1n) is 5.00. The Bertz CT molecular complexity index is 297. The number of nitrogens with zero attached hydrogens (tertiary/aromatic N) is 1. The Morgan fingerprint density at radius 1 is 1.40 bits per heavy atom. The van der Waals surface area contributed by atoms with Gasteiger partial charge in [0.15, 0.2) is 0 Å². The van der Waals surface area contributed by atoms with Gasteiger partial charge in [0, 0.05) is 13.1 Å². The summed E-state index contributed by atoms with van der Waals surface area (Å²) in [5, 5.41) is 11.8. The monoisotopic (exact) mass is 214 g/mol. The first-order valence-corrected chi connectivity index (χ1v) is 5.00. The smallest absolute Gasteiger partial charge is 0.318 e. The molecule has 0 aromatic rings. The molecule has 0 radical (unpaired) electrons. The van der Waals surface area contributed by atoms with Crippen LogP contribution in [0.4, 0.5) is 4.79 Å². The summed E-state index contributed by atoms with van der Waals surface area (Å²) < 4.78 is 0. The molecule has 0 aromatic heterocycles. The van der Waals surface area contributed by atoms with E-state index in [1.165, 1.54) is 0 Å². The molecule has 0 saturated carbocycles. The topological polar surface area (TPSA) is 69.6 Å². The van der Waals surface area contributed by atoms with Gasteiger partial charge in [-0.2, -0.15) is 0 Å². The number of carbonyl (C=O) groups is 2. The molecule has 0 atom stereocenters. The van der Waals surface area contributed by atoms with E-state index >= 15 is 0 Å². The van der Waals surface area contributed by atoms with Crippen molar-refractivity contribution in [3.63, 3.8) is 0 Å². The first-order chi connectivity index (χ1) is 6.71. The molecule has 2 amide bonds. The normalized spacial score (nSPS) is 17.9. The van der Waals surface area contributed by atoms with Gasteiger partial charge in [0.1, 0.15) is 0 Å². The summed E-state index contributed by atoms with van der Waals surface area (Å²) >= 11 is 0. The summed E-state index contributed by atoms with van der Waals surface area (Å²) in [6, 6.07) is -0.186. The predicted octanol–water partition coefficient (Wildman–Crippen LogP) is 0.901. The maximum Gasteiger partial charge on any atom is 0.318 e. The second-order valence-corrected chi connectivity index (χ2v) is 4.87. The van der Waals surface area contributed by atoms with E-state index in [1.807, 2.05) is 0 Å². The minimum Gasteiger partial charge on any atom is -0.481 e. The zero-order valence-corrected chi connectivity index (χ0v) is 9.63. The average molecular weight is 214 g/mol. The molecule has 0 aliphatic carbocycles. The highest BCUT2D eigenvalue weighted by molar-refractivity contribution is 5.80. The summed E-state index contributed by atoms with van der Waals surface area (Å²) in [5.74, 6) is -0.896. The van der Waals surface area contributed by atoms with Crippen molar-refractivity contribution in [1.82, 2.24) is 10.2 Å². The number of carboxylic acids is 1. The summed E-state index contributed by atoms with van der Waals surface area (Å²) in [5.41, 5.74) is -1.69. The molecule has 0 unspecified atom stereocenters.